The number of tetrazole rings is 1. The van der Waals surface area contributed by atoms with E-state index >= 15 is 0 Å². The topological polar surface area (TPSA) is 91.2 Å². The van der Waals surface area contributed by atoms with Crippen LogP contribution in [0.1, 0.15) is 50.6 Å². The number of fused-ring (bicyclic) bond motifs is 1. The first kappa shape index (κ1) is 17.5. The maximum absolute atomic E-state index is 13.1. The molecule has 0 radical (unpaired) electrons. The van der Waals surface area contributed by atoms with Crippen LogP contribution in [0.5, 0.6) is 5.75 Å². The molecule has 1 fully saturated rings. The van der Waals surface area contributed by atoms with Crippen LogP contribution in [0.15, 0.2) is 35.5 Å². The van der Waals surface area contributed by atoms with E-state index < -0.39 is 6.04 Å². The summed E-state index contributed by atoms with van der Waals surface area (Å²) in [5.41, 5.74) is 2.13. The maximum atomic E-state index is 13.1. The van der Waals surface area contributed by atoms with Crippen LogP contribution in [0.3, 0.4) is 0 Å². The summed E-state index contributed by atoms with van der Waals surface area (Å²) in [4.78, 5) is 13.1. The Morgan fingerprint density at radius 2 is 1.93 bits per heavy atom. The minimum atomic E-state index is -0.446. The van der Waals surface area contributed by atoms with Crippen LogP contribution in [-0.4, -0.2) is 39.4 Å². The van der Waals surface area contributed by atoms with Crippen molar-refractivity contribution in [2.45, 2.75) is 51.2 Å². The first-order valence-corrected chi connectivity index (χ1v) is 9.28. The molecule has 2 aromatic rings. The number of aromatic nitrogens is 4. The number of carbonyl (C=O) groups is 1. The van der Waals surface area contributed by atoms with Crippen molar-refractivity contribution in [3.63, 3.8) is 0 Å². The molecule has 0 bridgehead atoms. The number of benzene rings is 1. The predicted octanol–water partition coefficient (Wildman–Crippen LogP) is 2.85. The van der Waals surface area contributed by atoms with E-state index in [-0.39, 0.29) is 12.1 Å². The third-order valence-electron chi connectivity index (χ3n) is 5.19. The Morgan fingerprint density at radius 3 is 2.63 bits per heavy atom. The van der Waals surface area contributed by atoms with E-state index in [4.69, 9.17) is 9.47 Å². The van der Waals surface area contributed by atoms with Gasteiger partial charge in [0.15, 0.2) is 0 Å². The van der Waals surface area contributed by atoms with E-state index in [0.717, 1.165) is 37.0 Å². The second-order valence-electron chi connectivity index (χ2n) is 6.95. The highest BCUT2D eigenvalue weighted by molar-refractivity contribution is 5.92. The van der Waals surface area contributed by atoms with Crippen molar-refractivity contribution < 1.29 is 14.3 Å². The molecule has 1 aliphatic heterocycles. The molecular weight excluding hydrogens is 346 g/mol. The highest BCUT2D eigenvalue weighted by atomic mass is 16.5. The van der Waals surface area contributed by atoms with Crippen LogP contribution in [0, 0.1) is 0 Å². The fraction of sp³-hybridized carbons (Fsp3) is 0.474. The quantitative estimate of drug-likeness (QED) is 0.829. The standard InChI is InChI=1S/C19H23N5O3/c1-12-16(18(25)27-15-6-4-3-5-7-15)17(24-19(20-12)21-22-23-24)13-8-10-14(26-2)11-9-13/h8-11,15,17H,3-7H2,1-2H3,(H,20,21,23)/t17-/m1/s1. The molecule has 0 amide bonds. The third-order valence-corrected chi connectivity index (χ3v) is 5.19. The molecule has 1 aromatic heterocycles. The molecule has 2 aliphatic rings. The van der Waals surface area contributed by atoms with Crippen LogP contribution in [0.4, 0.5) is 5.95 Å². The van der Waals surface area contributed by atoms with E-state index in [9.17, 15) is 4.79 Å². The van der Waals surface area contributed by atoms with E-state index in [0.29, 0.717) is 17.2 Å². The third kappa shape index (κ3) is 3.39. The number of allylic oxidation sites excluding steroid dienone is 1. The number of nitrogens with zero attached hydrogens (tertiary/aromatic N) is 4. The summed E-state index contributed by atoms with van der Waals surface area (Å²) in [5.74, 6) is 0.938. The number of hydrogen-bond donors (Lipinski definition) is 1. The van der Waals surface area contributed by atoms with Crippen LogP contribution in [-0.2, 0) is 9.53 Å². The molecule has 2 heterocycles. The van der Waals surface area contributed by atoms with Gasteiger partial charge in [0, 0.05) is 5.70 Å². The normalized spacial score (nSPS) is 20.0. The first-order chi connectivity index (χ1) is 13.2. The lowest BCUT2D eigenvalue weighted by molar-refractivity contribution is -0.146. The molecule has 1 atom stereocenters. The number of ether oxygens (including phenoxy) is 2. The summed E-state index contributed by atoms with van der Waals surface area (Å²) < 4.78 is 12.7. The van der Waals surface area contributed by atoms with Gasteiger partial charge < -0.3 is 14.8 Å². The fourth-order valence-electron chi connectivity index (χ4n) is 3.77. The average Bonchev–Trinajstić information content (AvgIpc) is 3.15. The molecule has 1 aliphatic carbocycles. The van der Waals surface area contributed by atoms with Gasteiger partial charge in [0.1, 0.15) is 17.9 Å². The van der Waals surface area contributed by atoms with Crippen molar-refractivity contribution in [3.05, 3.63) is 41.1 Å². The second kappa shape index (κ2) is 7.38. The molecule has 0 saturated heterocycles. The lowest BCUT2D eigenvalue weighted by Crippen LogP contribution is -2.32. The van der Waals surface area contributed by atoms with Gasteiger partial charge >= 0.3 is 5.97 Å². The van der Waals surface area contributed by atoms with E-state index in [2.05, 4.69) is 20.8 Å². The van der Waals surface area contributed by atoms with E-state index in [1.165, 1.54) is 6.42 Å². The summed E-state index contributed by atoms with van der Waals surface area (Å²) >= 11 is 0. The Labute approximate surface area is 157 Å². The van der Waals surface area contributed by atoms with Crippen molar-refractivity contribution >= 4 is 11.9 Å². The molecule has 0 unspecified atom stereocenters. The number of carbonyl (C=O) groups excluding carboxylic acids is 1. The highest BCUT2D eigenvalue weighted by Crippen LogP contribution is 2.36. The first-order valence-electron chi connectivity index (χ1n) is 9.28. The Morgan fingerprint density at radius 1 is 1.19 bits per heavy atom. The number of anilines is 1. The molecule has 142 valence electrons. The van der Waals surface area contributed by atoms with Gasteiger partial charge in [0.05, 0.1) is 12.7 Å². The minimum Gasteiger partial charge on any atom is -0.497 e. The van der Waals surface area contributed by atoms with Gasteiger partial charge in [-0.05, 0) is 60.7 Å². The Hall–Kier alpha value is -2.90. The predicted molar refractivity (Wildman–Crippen MR) is 98.2 cm³/mol. The molecule has 27 heavy (non-hydrogen) atoms. The van der Waals surface area contributed by atoms with E-state index in [1.54, 1.807) is 11.8 Å². The smallest absolute Gasteiger partial charge is 0.338 e. The lowest BCUT2D eigenvalue weighted by atomic mass is 9.95. The summed E-state index contributed by atoms with van der Waals surface area (Å²) in [7, 11) is 1.62. The number of rotatable bonds is 4. The zero-order chi connectivity index (χ0) is 18.8. The highest BCUT2D eigenvalue weighted by Gasteiger charge is 2.36. The number of esters is 1. The SMILES string of the molecule is COc1ccc([C@@H]2C(C(=O)OC3CCCCC3)=C(C)Nc3nnnn32)cc1. The van der Waals surface area contributed by atoms with Crippen molar-refractivity contribution in [2.24, 2.45) is 0 Å². The molecular formula is C19H23N5O3. The second-order valence-corrected chi connectivity index (χ2v) is 6.95. The largest absolute Gasteiger partial charge is 0.497 e. The molecule has 1 aromatic carbocycles. The van der Waals surface area contributed by atoms with Crippen molar-refractivity contribution in [2.75, 3.05) is 12.4 Å². The van der Waals surface area contributed by atoms with Gasteiger partial charge in [-0.2, -0.15) is 4.68 Å². The number of hydrogen-bond acceptors (Lipinski definition) is 7. The van der Waals surface area contributed by atoms with Crippen molar-refractivity contribution in [3.8, 4) is 5.75 Å². The zero-order valence-electron chi connectivity index (χ0n) is 15.5. The Balaban J connectivity index is 1.68. The van der Waals surface area contributed by atoms with Crippen LogP contribution < -0.4 is 10.1 Å². The summed E-state index contributed by atoms with van der Waals surface area (Å²) in [6.45, 7) is 1.85. The van der Waals surface area contributed by atoms with Crippen LogP contribution in [0.2, 0.25) is 0 Å². The molecule has 0 spiro atoms. The van der Waals surface area contributed by atoms with Gasteiger partial charge in [-0.3, -0.25) is 0 Å². The van der Waals surface area contributed by atoms with Gasteiger partial charge in [0.2, 0.25) is 5.95 Å². The van der Waals surface area contributed by atoms with Crippen molar-refractivity contribution in [1.82, 2.24) is 20.2 Å². The van der Waals surface area contributed by atoms with Gasteiger partial charge in [-0.15, -0.1) is 0 Å². The summed E-state index contributed by atoms with van der Waals surface area (Å²) in [5, 5.41) is 15.0. The Bertz CT molecular complexity index is 852. The average molecular weight is 369 g/mol. The molecule has 1 saturated carbocycles. The summed E-state index contributed by atoms with van der Waals surface area (Å²) in [6, 6.07) is 7.11. The summed E-state index contributed by atoms with van der Waals surface area (Å²) in [6.07, 6.45) is 5.25. The molecule has 8 heteroatoms. The fourth-order valence-corrected chi connectivity index (χ4v) is 3.77. The minimum absolute atomic E-state index is 0.0154. The van der Waals surface area contributed by atoms with Crippen LogP contribution in [0.25, 0.3) is 0 Å². The van der Waals surface area contributed by atoms with Gasteiger partial charge in [0.25, 0.3) is 0 Å². The van der Waals surface area contributed by atoms with Gasteiger partial charge in [-0.1, -0.05) is 23.7 Å². The lowest BCUT2D eigenvalue weighted by Gasteiger charge is -2.29. The monoisotopic (exact) mass is 369 g/mol. The van der Waals surface area contributed by atoms with E-state index in [1.807, 2.05) is 31.2 Å². The molecule has 4 rings (SSSR count). The van der Waals surface area contributed by atoms with Gasteiger partial charge in [-0.25, -0.2) is 4.79 Å². The maximum Gasteiger partial charge on any atom is 0.338 e. The molecule has 1 N–H and O–H groups in total. The number of nitrogens with one attached hydrogen (secondary N) is 1. The molecule has 8 nitrogen and oxygen atoms in total. The van der Waals surface area contributed by atoms with Crippen molar-refractivity contribution in [1.29, 1.82) is 0 Å². The Kier molecular flexibility index (Phi) is 4.79. The number of methoxy groups -OCH3 is 1. The zero-order valence-corrected chi connectivity index (χ0v) is 15.5. The van der Waals surface area contributed by atoms with Crippen LogP contribution >= 0.6 is 0 Å².